The van der Waals surface area contributed by atoms with E-state index in [0.29, 0.717) is 40.7 Å². The van der Waals surface area contributed by atoms with Gasteiger partial charge in [-0.15, -0.1) is 0 Å². The number of ether oxygens (including phenoxy) is 1. The number of carbonyl (C=O) groups excluding carboxylic acids is 5. The average Bonchev–Trinajstić information content (AvgIpc) is 3.29. The summed E-state index contributed by atoms with van der Waals surface area (Å²) in [6, 6.07) is 22.3. The smallest absolute Gasteiger partial charge is 0.338 e. The van der Waals surface area contributed by atoms with E-state index >= 15 is 0 Å². The number of aromatic nitrogens is 2. The Morgan fingerprint density at radius 2 is 1.47 bits per heavy atom. The summed E-state index contributed by atoms with van der Waals surface area (Å²) in [6.45, 7) is 0.0496. The lowest BCUT2D eigenvalue weighted by Gasteiger charge is -2.22. The van der Waals surface area contributed by atoms with E-state index in [-0.39, 0.29) is 47.1 Å². The van der Waals surface area contributed by atoms with Crippen LogP contribution in [0.1, 0.15) is 82.7 Å². The highest BCUT2D eigenvalue weighted by Gasteiger charge is 2.41. The minimum Gasteiger partial charge on any atom is -0.462 e. The minimum absolute atomic E-state index is 0.0496. The van der Waals surface area contributed by atoms with Crippen molar-refractivity contribution in [3.63, 3.8) is 0 Å². The van der Waals surface area contributed by atoms with Gasteiger partial charge in [-0.3, -0.25) is 24.2 Å². The average molecular weight is 569 g/mol. The molecule has 2 aliphatic rings. The molecule has 3 aromatic carbocycles. The summed E-state index contributed by atoms with van der Waals surface area (Å²) in [5.41, 5.74) is 3.09. The third kappa shape index (κ3) is 4.52. The fourth-order valence-electron chi connectivity index (χ4n) is 6.09. The van der Waals surface area contributed by atoms with Gasteiger partial charge in [-0.2, -0.15) is 0 Å². The van der Waals surface area contributed by atoms with Crippen molar-refractivity contribution in [3.8, 4) is 0 Å². The largest absolute Gasteiger partial charge is 0.462 e. The number of hydrogen-bond donors (Lipinski definition) is 0. The monoisotopic (exact) mass is 568 g/mol. The zero-order valence-electron chi connectivity index (χ0n) is 22.9. The van der Waals surface area contributed by atoms with E-state index in [1.165, 1.54) is 18.2 Å². The van der Waals surface area contributed by atoms with Crippen molar-refractivity contribution in [1.82, 2.24) is 9.97 Å². The lowest BCUT2D eigenvalue weighted by atomic mass is 9.80. The molecule has 0 saturated heterocycles. The van der Waals surface area contributed by atoms with Gasteiger partial charge >= 0.3 is 5.97 Å². The maximum atomic E-state index is 13.5. The molecule has 2 atom stereocenters. The van der Waals surface area contributed by atoms with Crippen LogP contribution in [-0.4, -0.2) is 45.7 Å². The molecule has 2 aliphatic carbocycles. The van der Waals surface area contributed by atoms with Crippen LogP contribution >= 0.6 is 0 Å². The van der Waals surface area contributed by atoms with Gasteiger partial charge in [-0.25, -0.2) is 9.78 Å². The second-order valence-electron chi connectivity index (χ2n) is 10.9. The van der Waals surface area contributed by atoms with Crippen LogP contribution in [0.5, 0.6) is 0 Å². The summed E-state index contributed by atoms with van der Waals surface area (Å²) < 4.78 is 5.42. The summed E-state index contributed by atoms with van der Waals surface area (Å²) in [4.78, 5) is 74.0. The normalized spacial score (nSPS) is 17.8. The molecule has 2 unspecified atom stereocenters. The number of Topliss-reactive ketones (excluding diaryl/α,β-unsaturated/α-hetero) is 4. The van der Waals surface area contributed by atoms with Crippen LogP contribution in [0.4, 0.5) is 0 Å². The van der Waals surface area contributed by atoms with E-state index in [4.69, 9.17) is 9.72 Å². The van der Waals surface area contributed by atoms with Crippen LogP contribution in [0.3, 0.4) is 0 Å². The van der Waals surface area contributed by atoms with E-state index < -0.39 is 23.6 Å². The molecule has 210 valence electrons. The van der Waals surface area contributed by atoms with Crippen LogP contribution in [0.2, 0.25) is 0 Å². The van der Waals surface area contributed by atoms with Crippen LogP contribution in [-0.2, 0) is 4.74 Å². The predicted molar refractivity (Wildman–Crippen MR) is 158 cm³/mol. The van der Waals surface area contributed by atoms with Gasteiger partial charge in [0.25, 0.3) is 0 Å². The maximum absolute atomic E-state index is 13.5. The van der Waals surface area contributed by atoms with Gasteiger partial charge < -0.3 is 4.74 Å². The lowest BCUT2D eigenvalue weighted by Crippen LogP contribution is -2.27. The molecule has 2 aromatic heterocycles. The molecule has 0 aliphatic heterocycles. The highest BCUT2D eigenvalue weighted by Crippen LogP contribution is 2.35. The van der Waals surface area contributed by atoms with Gasteiger partial charge in [0.15, 0.2) is 23.1 Å². The third-order valence-electron chi connectivity index (χ3n) is 8.29. The number of carbonyl (C=O) groups is 5. The van der Waals surface area contributed by atoms with E-state index in [2.05, 4.69) is 4.98 Å². The van der Waals surface area contributed by atoms with E-state index in [9.17, 15) is 24.0 Å². The van der Waals surface area contributed by atoms with Crippen LogP contribution < -0.4 is 0 Å². The fourth-order valence-corrected chi connectivity index (χ4v) is 6.09. The summed E-state index contributed by atoms with van der Waals surface area (Å²) in [6.07, 6.45) is 2.63. The van der Waals surface area contributed by atoms with Crippen molar-refractivity contribution >= 4 is 50.9 Å². The van der Waals surface area contributed by atoms with Crippen LogP contribution in [0, 0.1) is 5.92 Å². The molecule has 0 bridgehead atoms. The number of hydrogen-bond acceptors (Lipinski definition) is 8. The molecule has 0 amide bonds. The summed E-state index contributed by atoms with van der Waals surface area (Å²) in [5.74, 6) is -3.10. The molecule has 0 fully saturated rings. The zero-order valence-corrected chi connectivity index (χ0v) is 22.9. The highest BCUT2D eigenvalue weighted by molar-refractivity contribution is 6.30. The quantitative estimate of drug-likeness (QED) is 0.106. The molecule has 0 N–H and O–H groups in total. The first-order chi connectivity index (χ1) is 20.9. The van der Waals surface area contributed by atoms with Gasteiger partial charge in [-0.1, -0.05) is 48.5 Å². The van der Waals surface area contributed by atoms with Crippen LogP contribution in [0.25, 0.3) is 21.8 Å². The second kappa shape index (κ2) is 10.5. The minimum atomic E-state index is -1.11. The number of esters is 1. The molecule has 0 saturated carbocycles. The molecule has 43 heavy (non-hydrogen) atoms. The number of fused-ring (bicyclic) bond motifs is 5. The third-order valence-corrected chi connectivity index (χ3v) is 8.29. The summed E-state index contributed by atoms with van der Waals surface area (Å²) in [5, 5.41) is 1.75. The van der Waals surface area contributed by atoms with Crippen molar-refractivity contribution in [1.29, 1.82) is 0 Å². The van der Waals surface area contributed by atoms with Gasteiger partial charge in [0, 0.05) is 51.6 Å². The van der Waals surface area contributed by atoms with Gasteiger partial charge in [0.2, 0.25) is 0 Å². The van der Waals surface area contributed by atoms with Crippen molar-refractivity contribution in [2.45, 2.75) is 25.2 Å². The Morgan fingerprint density at radius 3 is 2.30 bits per heavy atom. The number of benzene rings is 3. The number of nitrogens with zero attached hydrogens (tertiary/aromatic N) is 2. The van der Waals surface area contributed by atoms with Crippen LogP contribution in [0.15, 0.2) is 85.1 Å². The Labute approximate surface area is 245 Å². The number of ketones is 4. The first-order valence-corrected chi connectivity index (χ1v) is 14.1. The molecular formula is C35H24N2O6. The highest BCUT2D eigenvalue weighted by atomic mass is 16.5. The van der Waals surface area contributed by atoms with Gasteiger partial charge in [0.05, 0.1) is 28.9 Å². The molecule has 2 heterocycles. The van der Waals surface area contributed by atoms with Crippen molar-refractivity contribution in [3.05, 3.63) is 119 Å². The molecule has 0 radical (unpaired) electrons. The lowest BCUT2D eigenvalue weighted by molar-refractivity contribution is 0.0490. The van der Waals surface area contributed by atoms with Gasteiger partial charge in [0.1, 0.15) is 5.92 Å². The first-order valence-electron chi connectivity index (χ1n) is 14.1. The molecule has 5 aromatic rings. The number of rotatable bonds is 6. The Hall–Kier alpha value is -5.37. The summed E-state index contributed by atoms with van der Waals surface area (Å²) >= 11 is 0. The molecule has 8 heteroatoms. The Kier molecular flexibility index (Phi) is 6.46. The molecular weight excluding hydrogens is 544 g/mol. The summed E-state index contributed by atoms with van der Waals surface area (Å²) in [7, 11) is 0. The first kappa shape index (κ1) is 26.5. The Morgan fingerprint density at radius 1 is 0.744 bits per heavy atom. The van der Waals surface area contributed by atoms with E-state index in [1.807, 2.05) is 30.3 Å². The maximum Gasteiger partial charge on any atom is 0.338 e. The second-order valence-corrected chi connectivity index (χ2v) is 10.9. The van der Waals surface area contributed by atoms with Crippen molar-refractivity contribution in [2.75, 3.05) is 6.61 Å². The molecule has 7 rings (SSSR count). The van der Waals surface area contributed by atoms with Crippen molar-refractivity contribution in [2.24, 2.45) is 5.92 Å². The van der Waals surface area contributed by atoms with E-state index in [0.717, 1.165) is 10.8 Å². The number of pyridine rings is 2. The van der Waals surface area contributed by atoms with Crippen molar-refractivity contribution < 1.29 is 28.7 Å². The molecule has 0 spiro atoms. The Bertz CT molecular complexity index is 2030. The SMILES string of the molecule is O=C(OCCCC1CC(=O)c2ccccc2C1=O)c1ccc2c(c1)C(=O)C(c1ccc3ccc4cccnc4c3n1)C2=O. The molecule has 8 nitrogen and oxygen atoms in total. The Balaban J connectivity index is 1.04. The topological polar surface area (TPSA) is 120 Å². The van der Waals surface area contributed by atoms with E-state index in [1.54, 1.807) is 36.5 Å². The van der Waals surface area contributed by atoms with Gasteiger partial charge in [-0.05, 0) is 43.2 Å². The standard InChI is InChI=1S/C35H24N2O6/c38-28-18-21(32(39)24-8-2-1-7-23(24)28)6-4-16-43-35(42)22-11-13-25-26(17-22)34(41)29(33(25)40)27-14-12-20-10-9-19-5-3-15-36-30(19)31(20)37-27/h1-3,5,7-15,17,21,29H,4,6,16,18H2. The fraction of sp³-hybridized carbons (Fsp3) is 0.171. The zero-order chi connectivity index (χ0) is 29.7. The predicted octanol–water partition coefficient (Wildman–Crippen LogP) is 5.97.